The molecule has 0 unspecified atom stereocenters. The summed E-state index contributed by atoms with van der Waals surface area (Å²) < 4.78 is 13.8. The Morgan fingerprint density at radius 3 is 2.58 bits per heavy atom. The highest BCUT2D eigenvalue weighted by atomic mass is 19.1. The second kappa shape index (κ2) is 4.16. The number of nitrogens with zero attached hydrogens (tertiary/aromatic N) is 1. The summed E-state index contributed by atoms with van der Waals surface area (Å²) >= 11 is 0. The van der Waals surface area contributed by atoms with E-state index < -0.39 is 38.6 Å². The Hall–Kier alpha value is -2.77. The van der Waals surface area contributed by atoms with Crippen LogP contribution in [0.4, 0.5) is 10.1 Å². The van der Waals surface area contributed by atoms with Gasteiger partial charge in [-0.3, -0.25) is 19.7 Å². The van der Waals surface area contributed by atoms with Crippen LogP contribution in [0.25, 0.3) is 10.9 Å². The van der Waals surface area contributed by atoms with Crippen molar-refractivity contribution in [3.05, 3.63) is 54.2 Å². The highest BCUT2D eigenvalue weighted by Crippen LogP contribution is 2.27. The average Bonchev–Trinajstić information content (AvgIpc) is 2.39. The van der Waals surface area contributed by atoms with E-state index in [4.69, 9.17) is 0 Å². The van der Waals surface area contributed by atoms with Gasteiger partial charge in [-0.1, -0.05) is 0 Å². The van der Waals surface area contributed by atoms with Gasteiger partial charge in [0, 0.05) is 6.07 Å². The number of fused-ring (bicyclic) bond motifs is 1. The first-order valence-corrected chi connectivity index (χ1v) is 5.06. The first kappa shape index (κ1) is 12.7. The maximum atomic E-state index is 13.8. The summed E-state index contributed by atoms with van der Waals surface area (Å²) in [5.74, 6) is -2.16. The van der Waals surface area contributed by atoms with Crippen LogP contribution in [0.2, 0.25) is 0 Å². The van der Waals surface area contributed by atoms with E-state index >= 15 is 0 Å². The SMILES string of the molecule is Cc1cc2[nH]c(=O)cc(O)c(=O)c2c([N+](=O)[O-])c1F. The Bertz CT molecular complexity index is 828. The van der Waals surface area contributed by atoms with Gasteiger partial charge in [-0.25, -0.2) is 0 Å². The molecule has 1 aromatic carbocycles. The third kappa shape index (κ3) is 1.92. The summed E-state index contributed by atoms with van der Waals surface area (Å²) in [5.41, 5.74) is -3.38. The predicted molar refractivity (Wildman–Crippen MR) is 63.9 cm³/mol. The molecule has 7 nitrogen and oxygen atoms in total. The van der Waals surface area contributed by atoms with E-state index in [1.165, 1.54) is 6.92 Å². The number of H-pyrrole nitrogens is 1. The number of halogens is 1. The molecule has 0 amide bonds. The first-order chi connectivity index (χ1) is 8.82. The van der Waals surface area contributed by atoms with Gasteiger partial charge in [0.15, 0.2) is 5.75 Å². The van der Waals surface area contributed by atoms with Crippen LogP contribution in [0.15, 0.2) is 21.7 Å². The first-order valence-electron chi connectivity index (χ1n) is 5.06. The molecule has 0 saturated heterocycles. The third-order valence-corrected chi connectivity index (χ3v) is 2.59. The molecule has 0 fully saturated rings. The molecule has 0 aliphatic carbocycles. The molecule has 0 bridgehead atoms. The van der Waals surface area contributed by atoms with Gasteiger partial charge in [-0.05, 0) is 18.6 Å². The monoisotopic (exact) mass is 266 g/mol. The Morgan fingerprint density at radius 1 is 1.37 bits per heavy atom. The number of hydrogen-bond donors (Lipinski definition) is 2. The zero-order chi connectivity index (χ0) is 14.3. The lowest BCUT2D eigenvalue weighted by Crippen LogP contribution is -2.05. The van der Waals surface area contributed by atoms with Crippen LogP contribution in [-0.2, 0) is 0 Å². The number of benzene rings is 1. The maximum Gasteiger partial charge on any atom is 0.318 e. The van der Waals surface area contributed by atoms with Gasteiger partial charge in [0.25, 0.3) is 5.56 Å². The summed E-state index contributed by atoms with van der Waals surface area (Å²) in [6, 6.07) is 1.68. The highest BCUT2D eigenvalue weighted by molar-refractivity contribution is 5.89. The van der Waals surface area contributed by atoms with Crippen LogP contribution >= 0.6 is 0 Å². The van der Waals surface area contributed by atoms with Crippen molar-refractivity contribution in [1.29, 1.82) is 0 Å². The number of rotatable bonds is 1. The molecule has 0 spiro atoms. The molecule has 0 saturated carbocycles. The highest BCUT2D eigenvalue weighted by Gasteiger charge is 2.24. The number of aromatic hydroxyl groups is 1. The summed E-state index contributed by atoms with van der Waals surface area (Å²) in [6.45, 7) is 1.26. The topological polar surface area (TPSA) is 113 Å². The molecule has 0 atom stereocenters. The number of aromatic amines is 1. The average molecular weight is 266 g/mol. The second-order valence-corrected chi connectivity index (χ2v) is 3.88. The van der Waals surface area contributed by atoms with Crippen LogP contribution < -0.4 is 11.0 Å². The molecule has 1 heterocycles. The third-order valence-electron chi connectivity index (χ3n) is 2.59. The van der Waals surface area contributed by atoms with E-state index in [9.17, 15) is 29.2 Å². The molecule has 1 aromatic heterocycles. The Balaban J connectivity index is 3.27. The van der Waals surface area contributed by atoms with Crippen LogP contribution in [0.1, 0.15) is 5.56 Å². The predicted octanol–water partition coefficient (Wildman–Crippen LogP) is 0.950. The Kier molecular flexibility index (Phi) is 2.78. The van der Waals surface area contributed by atoms with Gasteiger partial charge in [-0.15, -0.1) is 0 Å². The molecule has 0 aliphatic heterocycles. The largest absolute Gasteiger partial charge is 0.504 e. The smallest absolute Gasteiger partial charge is 0.318 e. The summed E-state index contributed by atoms with van der Waals surface area (Å²) in [7, 11) is 0. The Morgan fingerprint density at radius 2 is 2.00 bits per heavy atom. The van der Waals surface area contributed by atoms with E-state index in [2.05, 4.69) is 4.98 Å². The fraction of sp³-hybridized carbons (Fsp3) is 0.0909. The fourth-order valence-corrected chi connectivity index (χ4v) is 1.76. The fourth-order valence-electron chi connectivity index (χ4n) is 1.76. The molecular weight excluding hydrogens is 259 g/mol. The zero-order valence-corrected chi connectivity index (χ0v) is 9.56. The number of hydrogen-bond acceptors (Lipinski definition) is 5. The molecule has 98 valence electrons. The van der Waals surface area contributed by atoms with Crippen molar-refractivity contribution in [2.24, 2.45) is 0 Å². The van der Waals surface area contributed by atoms with Gasteiger partial charge >= 0.3 is 5.69 Å². The lowest BCUT2D eigenvalue weighted by molar-refractivity contribution is -0.385. The molecule has 2 rings (SSSR count). The number of nitro benzene ring substituents is 1. The molecule has 19 heavy (non-hydrogen) atoms. The van der Waals surface area contributed by atoms with E-state index in [1.807, 2.05) is 0 Å². The van der Waals surface area contributed by atoms with Gasteiger partial charge in [0.2, 0.25) is 11.2 Å². The molecule has 2 aromatic rings. The van der Waals surface area contributed by atoms with Crippen molar-refractivity contribution in [2.75, 3.05) is 0 Å². The number of aromatic nitrogens is 1. The van der Waals surface area contributed by atoms with Crippen molar-refractivity contribution in [2.45, 2.75) is 6.92 Å². The van der Waals surface area contributed by atoms with Crippen molar-refractivity contribution < 1.29 is 14.4 Å². The summed E-state index contributed by atoms with van der Waals surface area (Å²) in [6.07, 6.45) is 0. The van der Waals surface area contributed by atoms with Gasteiger partial charge in [-0.2, -0.15) is 4.39 Å². The van der Waals surface area contributed by atoms with Crippen molar-refractivity contribution in [1.82, 2.24) is 4.98 Å². The van der Waals surface area contributed by atoms with Crippen LogP contribution in [0.5, 0.6) is 5.75 Å². The minimum Gasteiger partial charge on any atom is -0.504 e. The lowest BCUT2D eigenvalue weighted by Gasteiger charge is -2.00. The number of nitrogens with one attached hydrogen (secondary N) is 1. The normalized spacial score (nSPS) is 10.6. The van der Waals surface area contributed by atoms with Crippen LogP contribution in [0, 0.1) is 22.9 Å². The van der Waals surface area contributed by atoms with Gasteiger partial charge in [0.1, 0.15) is 5.39 Å². The summed E-state index contributed by atoms with van der Waals surface area (Å²) in [5, 5.41) is 19.6. The standard InChI is InChI=1S/C11H7FN2O5/c1-4-2-5-8(10(9(4)12)14(18)19)11(17)6(15)3-7(16)13-5/h2-3H,1H3,(H,13,16)(H,15,17). The minimum atomic E-state index is -1.18. The van der Waals surface area contributed by atoms with E-state index in [0.29, 0.717) is 6.07 Å². The van der Waals surface area contributed by atoms with Crippen molar-refractivity contribution in [3.63, 3.8) is 0 Å². The van der Waals surface area contributed by atoms with Gasteiger partial charge in [0.05, 0.1) is 10.4 Å². The quantitative estimate of drug-likeness (QED) is 0.589. The summed E-state index contributed by atoms with van der Waals surface area (Å²) in [4.78, 5) is 35.1. The van der Waals surface area contributed by atoms with E-state index in [0.717, 1.165) is 6.07 Å². The van der Waals surface area contributed by atoms with Crippen molar-refractivity contribution >= 4 is 16.6 Å². The van der Waals surface area contributed by atoms with Crippen molar-refractivity contribution in [3.8, 4) is 5.75 Å². The molecule has 0 aliphatic rings. The van der Waals surface area contributed by atoms with Crippen LogP contribution in [0.3, 0.4) is 0 Å². The molecular formula is C11H7FN2O5. The van der Waals surface area contributed by atoms with E-state index in [-0.39, 0.29) is 11.1 Å². The van der Waals surface area contributed by atoms with Gasteiger partial charge < -0.3 is 10.1 Å². The molecule has 2 N–H and O–H groups in total. The zero-order valence-electron chi connectivity index (χ0n) is 9.56. The molecule has 8 heteroatoms. The maximum absolute atomic E-state index is 13.8. The second-order valence-electron chi connectivity index (χ2n) is 3.88. The van der Waals surface area contributed by atoms with E-state index in [1.54, 1.807) is 0 Å². The minimum absolute atomic E-state index is 0.0973. The molecule has 0 radical (unpaired) electrons. The van der Waals surface area contributed by atoms with Crippen LogP contribution in [-0.4, -0.2) is 15.0 Å². The number of nitro groups is 1. The number of aryl methyl sites for hydroxylation is 1. The lowest BCUT2D eigenvalue weighted by atomic mass is 10.1. The Labute approximate surface area is 104 Å².